The smallest absolute Gasteiger partial charge is 0.403 e. The van der Waals surface area contributed by atoms with Crippen LogP contribution in [0.4, 0.5) is 18.9 Å². The fourth-order valence-corrected chi connectivity index (χ4v) is 4.86. The first-order valence-corrected chi connectivity index (χ1v) is 11.9. The van der Waals surface area contributed by atoms with E-state index in [0.717, 1.165) is 5.56 Å². The number of rotatable bonds is 6. The van der Waals surface area contributed by atoms with E-state index >= 15 is 0 Å². The van der Waals surface area contributed by atoms with Crippen molar-refractivity contribution >= 4 is 22.6 Å². The fourth-order valence-electron chi connectivity index (χ4n) is 4.86. The van der Waals surface area contributed by atoms with Crippen LogP contribution in [0.1, 0.15) is 65.9 Å². The zero-order chi connectivity index (χ0) is 26.2. The summed E-state index contributed by atoms with van der Waals surface area (Å²) in [5.41, 5.74) is 2.32. The number of carboxylic acid groups (broad SMARTS) is 1. The van der Waals surface area contributed by atoms with Gasteiger partial charge in [-0.1, -0.05) is 18.2 Å². The molecule has 2 atom stereocenters. The molecule has 1 fully saturated rings. The molecule has 0 spiro atoms. The van der Waals surface area contributed by atoms with Gasteiger partial charge in [-0.3, -0.25) is 9.69 Å². The van der Waals surface area contributed by atoms with E-state index < -0.39 is 18.2 Å². The Hall–Kier alpha value is -3.33. The maximum Gasteiger partial charge on any atom is 0.403 e. The van der Waals surface area contributed by atoms with Crippen molar-refractivity contribution in [2.24, 2.45) is 0 Å². The van der Waals surface area contributed by atoms with Gasteiger partial charge >= 0.3 is 12.1 Å². The summed E-state index contributed by atoms with van der Waals surface area (Å²) in [6.45, 7) is 5.42. The molecule has 0 amide bonds. The minimum Gasteiger partial charge on any atom is -0.478 e. The Labute approximate surface area is 206 Å². The van der Waals surface area contributed by atoms with Crippen LogP contribution in [-0.4, -0.2) is 41.3 Å². The van der Waals surface area contributed by atoms with Gasteiger partial charge in [-0.15, -0.1) is 0 Å². The minimum absolute atomic E-state index is 0.128. The summed E-state index contributed by atoms with van der Waals surface area (Å²) < 4.78 is 45.6. The molecule has 0 saturated carbocycles. The van der Waals surface area contributed by atoms with Crippen LogP contribution >= 0.6 is 0 Å². The normalized spacial score (nSPS) is 17.2. The Kier molecular flexibility index (Phi) is 7.13. The highest BCUT2D eigenvalue weighted by Gasteiger charge is 2.41. The van der Waals surface area contributed by atoms with E-state index in [9.17, 15) is 27.9 Å². The maximum absolute atomic E-state index is 13.1. The first kappa shape index (κ1) is 25.8. The highest BCUT2D eigenvalue weighted by Crippen LogP contribution is 2.35. The fraction of sp³-hybridized carbons (Fsp3) is 0.407. The zero-order valence-corrected chi connectivity index (χ0v) is 20.4. The van der Waals surface area contributed by atoms with Crippen molar-refractivity contribution in [3.8, 4) is 0 Å². The number of hydrogen-bond donors (Lipinski definition) is 2. The number of halogens is 3. The standard InChI is InChI=1S/C27H29F3N2O4/c1-15-12-20(16(2)31-22-7-5-4-6-19(22)26(34)35)25-21(13-15)23(33)14-24(36-25)18-8-10-32(11-9-18)17(3)27(28,29)30/h4-7,12-14,16-18,31H,8-11H2,1-3H3,(H,34,35). The van der Waals surface area contributed by atoms with Gasteiger partial charge in [0.15, 0.2) is 5.43 Å². The molecule has 2 N–H and O–H groups in total. The molecule has 1 aliphatic heterocycles. The predicted molar refractivity (Wildman–Crippen MR) is 132 cm³/mol. The first-order valence-electron chi connectivity index (χ1n) is 11.9. The van der Waals surface area contributed by atoms with Gasteiger partial charge in [0.05, 0.1) is 17.0 Å². The van der Waals surface area contributed by atoms with E-state index in [1.807, 2.05) is 19.9 Å². The van der Waals surface area contributed by atoms with Crippen LogP contribution in [0.5, 0.6) is 0 Å². The molecule has 1 aliphatic rings. The van der Waals surface area contributed by atoms with Crippen LogP contribution in [0.25, 0.3) is 11.0 Å². The summed E-state index contributed by atoms with van der Waals surface area (Å²) in [7, 11) is 0. The molecule has 2 unspecified atom stereocenters. The van der Waals surface area contributed by atoms with Gasteiger partial charge in [0.25, 0.3) is 0 Å². The maximum atomic E-state index is 13.1. The summed E-state index contributed by atoms with van der Waals surface area (Å²) in [5, 5.41) is 13.1. The number of anilines is 1. The monoisotopic (exact) mass is 502 g/mol. The molecule has 1 saturated heterocycles. The molecule has 36 heavy (non-hydrogen) atoms. The van der Waals surface area contributed by atoms with Crippen LogP contribution in [0.15, 0.2) is 51.7 Å². The Morgan fingerprint density at radius 1 is 1.14 bits per heavy atom. The number of hydrogen-bond acceptors (Lipinski definition) is 5. The van der Waals surface area contributed by atoms with Crippen molar-refractivity contribution in [2.45, 2.75) is 57.8 Å². The predicted octanol–water partition coefficient (Wildman–Crippen LogP) is 6.10. The lowest BCUT2D eigenvalue weighted by molar-refractivity contribution is -0.181. The number of alkyl halides is 3. The number of benzene rings is 2. The summed E-state index contributed by atoms with van der Waals surface area (Å²) >= 11 is 0. The van der Waals surface area contributed by atoms with Gasteiger partial charge in [0.1, 0.15) is 17.4 Å². The van der Waals surface area contributed by atoms with Gasteiger partial charge in [0, 0.05) is 23.2 Å². The molecule has 2 aromatic carbocycles. The lowest BCUT2D eigenvalue weighted by Gasteiger charge is -2.36. The van der Waals surface area contributed by atoms with Crippen molar-refractivity contribution in [1.82, 2.24) is 4.90 Å². The summed E-state index contributed by atoms with van der Waals surface area (Å²) in [4.78, 5) is 26.1. The molecule has 0 aliphatic carbocycles. The third-order valence-electron chi connectivity index (χ3n) is 6.97. The lowest BCUT2D eigenvalue weighted by atomic mass is 9.92. The molecule has 0 bridgehead atoms. The average molecular weight is 503 g/mol. The highest BCUT2D eigenvalue weighted by atomic mass is 19.4. The molecule has 0 radical (unpaired) electrons. The van der Waals surface area contributed by atoms with Crippen LogP contribution in [0.2, 0.25) is 0 Å². The van der Waals surface area contributed by atoms with E-state index in [0.29, 0.717) is 40.8 Å². The number of para-hydroxylation sites is 1. The molecule has 1 aromatic heterocycles. The van der Waals surface area contributed by atoms with E-state index in [-0.39, 0.29) is 36.0 Å². The Morgan fingerprint density at radius 3 is 2.44 bits per heavy atom. The Bertz CT molecular complexity index is 1330. The number of piperidine rings is 1. The topological polar surface area (TPSA) is 82.8 Å². The van der Waals surface area contributed by atoms with Gasteiger partial charge in [0.2, 0.25) is 0 Å². The SMILES string of the molecule is Cc1cc(C(C)Nc2ccccc2C(=O)O)c2oc(C3CCN(C(C)C(F)(F)F)CC3)cc(=O)c2c1. The number of fused-ring (bicyclic) bond motifs is 1. The van der Waals surface area contributed by atoms with E-state index in [4.69, 9.17) is 4.42 Å². The van der Waals surface area contributed by atoms with Crippen LogP contribution in [0.3, 0.4) is 0 Å². The molecule has 3 aromatic rings. The largest absolute Gasteiger partial charge is 0.478 e. The van der Waals surface area contributed by atoms with E-state index in [2.05, 4.69) is 5.32 Å². The van der Waals surface area contributed by atoms with Crippen LogP contribution in [0, 0.1) is 6.92 Å². The van der Waals surface area contributed by atoms with Crippen molar-refractivity contribution in [1.29, 1.82) is 0 Å². The highest BCUT2D eigenvalue weighted by molar-refractivity contribution is 5.94. The molecule has 4 rings (SSSR count). The third-order valence-corrected chi connectivity index (χ3v) is 6.97. The van der Waals surface area contributed by atoms with Gasteiger partial charge < -0.3 is 14.8 Å². The second kappa shape index (κ2) is 9.97. The van der Waals surface area contributed by atoms with Crippen molar-refractivity contribution in [3.05, 3.63) is 75.1 Å². The number of carboxylic acids is 1. The number of aromatic carboxylic acids is 1. The van der Waals surface area contributed by atoms with Gasteiger partial charge in [-0.2, -0.15) is 13.2 Å². The molecule has 6 nitrogen and oxygen atoms in total. The summed E-state index contributed by atoms with van der Waals surface area (Å²) in [6.07, 6.45) is -3.37. The average Bonchev–Trinajstić information content (AvgIpc) is 2.83. The Balaban J connectivity index is 1.66. The number of aryl methyl sites for hydroxylation is 1. The van der Waals surface area contributed by atoms with E-state index in [1.165, 1.54) is 24.0 Å². The number of likely N-dealkylation sites (tertiary alicyclic amines) is 1. The summed E-state index contributed by atoms with van der Waals surface area (Å²) in [6, 6.07) is 9.76. The van der Waals surface area contributed by atoms with Gasteiger partial charge in [-0.05, 0) is 70.5 Å². The van der Waals surface area contributed by atoms with Crippen molar-refractivity contribution < 1.29 is 27.5 Å². The molecule has 9 heteroatoms. The van der Waals surface area contributed by atoms with Crippen LogP contribution in [-0.2, 0) is 0 Å². The van der Waals surface area contributed by atoms with Gasteiger partial charge in [-0.25, -0.2) is 4.79 Å². The number of nitrogens with one attached hydrogen (secondary N) is 1. The minimum atomic E-state index is -4.28. The lowest BCUT2D eigenvalue weighted by Crippen LogP contribution is -2.47. The summed E-state index contributed by atoms with van der Waals surface area (Å²) in [5.74, 6) is -0.751. The second-order valence-electron chi connectivity index (χ2n) is 9.49. The van der Waals surface area contributed by atoms with E-state index in [1.54, 1.807) is 24.3 Å². The molecular weight excluding hydrogens is 473 g/mol. The van der Waals surface area contributed by atoms with Crippen molar-refractivity contribution in [3.63, 3.8) is 0 Å². The first-order chi connectivity index (χ1) is 17.0. The number of carbonyl (C=O) groups is 1. The number of nitrogens with zero attached hydrogens (tertiary/aromatic N) is 1. The van der Waals surface area contributed by atoms with Crippen LogP contribution < -0.4 is 10.7 Å². The zero-order valence-electron chi connectivity index (χ0n) is 20.4. The quantitative estimate of drug-likeness (QED) is 0.424. The third kappa shape index (κ3) is 5.26. The Morgan fingerprint density at radius 2 is 1.81 bits per heavy atom. The molecule has 192 valence electrons. The molecular formula is C27H29F3N2O4. The molecule has 2 heterocycles. The van der Waals surface area contributed by atoms with Crippen molar-refractivity contribution in [2.75, 3.05) is 18.4 Å². The second-order valence-corrected chi connectivity index (χ2v) is 9.49.